The molecule has 0 aliphatic rings. The SMILES string of the molecule is O=c1n(-c2ccccc2)c2ccc(-c3c4ccccc4c(-c4cccc5ccccc45)c4ccccc34)cc2n1-c1ccccc1. The van der Waals surface area contributed by atoms with Gasteiger partial charge in [-0.1, -0.05) is 133 Å². The van der Waals surface area contributed by atoms with E-state index < -0.39 is 0 Å². The molecular weight excluding hydrogens is 560 g/mol. The van der Waals surface area contributed by atoms with Gasteiger partial charge in [-0.05, 0) is 91.0 Å². The monoisotopic (exact) mass is 588 g/mol. The van der Waals surface area contributed by atoms with Crippen LogP contribution in [0.3, 0.4) is 0 Å². The molecule has 1 aromatic heterocycles. The third kappa shape index (κ3) is 3.96. The van der Waals surface area contributed by atoms with E-state index in [4.69, 9.17) is 0 Å². The van der Waals surface area contributed by atoms with Gasteiger partial charge in [0.2, 0.25) is 0 Å². The van der Waals surface area contributed by atoms with Gasteiger partial charge in [0.1, 0.15) is 0 Å². The minimum atomic E-state index is -0.0921. The third-order valence-electron chi connectivity index (χ3n) is 9.15. The molecule has 0 aliphatic carbocycles. The number of para-hydroxylation sites is 2. The van der Waals surface area contributed by atoms with Crippen molar-refractivity contribution in [3.63, 3.8) is 0 Å². The summed E-state index contributed by atoms with van der Waals surface area (Å²) in [5.41, 5.74) is 8.02. The summed E-state index contributed by atoms with van der Waals surface area (Å²) < 4.78 is 3.65. The number of hydrogen-bond acceptors (Lipinski definition) is 1. The quantitative estimate of drug-likeness (QED) is 0.188. The van der Waals surface area contributed by atoms with Gasteiger partial charge in [0.05, 0.1) is 22.4 Å². The minimum Gasteiger partial charge on any atom is -0.260 e. The van der Waals surface area contributed by atoms with Gasteiger partial charge < -0.3 is 0 Å². The molecule has 0 saturated heterocycles. The van der Waals surface area contributed by atoms with Gasteiger partial charge in [-0.15, -0.1) is 0 Å². The minimum absolute atomic E-state index is 0.0921. The van der Waals surface area contributed by atoms with Gasteiger partial charge in [0.25, 0.3) is 0 Å². The maximum absolute atomic E-state index is 14.2. The maximum Gasteiger partial charge on any atom is 0.338 e. The first-order valence-corrected chi connectivity index (χ1v) is 15.6. The average Bonchev–Trinajstić information content (AvgIpc) is 3.41. The smallest absolute Gasteiger partial charge is 0.260 e. The fraction of sp³-hybridized carbons (Fsp3) is 0. The van der Waals surface area contributed by atoms with E-state index in [1.807, 2.05) is 69.8 Å². The second-order valence-electron chi connectivity index (χ2n) is 11.7. The van der Waals surface area contributed by atoms with Crippen LogP contribution >= 0.6 is 0 Å². The lowest BCUT2D eigenvalue weighted by atomic mass is 9.84. The van der Waals surface area contributed by atoms with Crippen LogP contribution in [0.4, 0.5) is 0 Å². The van der Waals surface area contributed by atoms with Crippen LogP contribution in [0.2, 0.25) is 0 Å². The fourth-order valence-electron chi connectivity index (χ4n) is 7.18. The number of benzene rings is 8. The van der Waals surface area contributed by atoms with Gasteiger partial charge >= 0.3 is 5.69 Å². The molecule has 0 saturated carbocycles. The number of aromatic nitrogens is 2. The Balaban J connectivity index is 1.39. The zero-order chi connectivity index (χ0) is 30.6. The Labute approximate surface area is 265 Å². The first-order valence-electron chi connectivity index (χ1n) is 15.6. The van der Waals surface area contributed by atoms with Crippen molar-refractivity contribution in [2.24, 2.45) is 0 Å². The van der Waals surface area contributed by atoms with Crippen molar-refractivity contribution in [3.8, 4) is 33.6 Å². The van der Waals surface area contributed by atoms with Crippen molar-refractivity contribution < 1.29 is 0 Å². The molecule has 0 amide bonds. The summed E-state index contributed by atoms with van der Waals surface area (Å²) in [5.74, 6) is 0. The Morgan fingerprint density at radius 3 is 1.46 bits per heavy atom. The topological polar surface area (TPSA) is 26.9 Å². The molecule has 46 heavy (non-hydrogen) atoms. The number of imidazole rings is 1. The van der Waals surface area contributed by atoms with Crippen molar-refractivity contribution in [1.82, 2.24) is 9.13 Å². The second kappa shape index (κ2) is 10.5. The predicted molar refractivity (Wildman–Crippen MR) is 192 cm³/mol. The van der Waals surface area contributed by atoms with E-state index in [2.05, 4.69) is 109 Å². The highest BCUT2D eigenvalue weighted by Crippen LogP contribution is 2.45. The Bertz CT molecular complexity index is 2590. The van der Waals surface area contributed by atoms with E-state index in [-0.39, 0.29) is 5.69 Å². The molecule has 0 N–H and O–H groups in total. The first kappa shape index (κ1) is 26.2. The van der Waals surface area contributed by atoms with Crippen molar-refractivity contribution in [3.05, 3.63) is 180 Å². The molecule has 1 heterocycles. The lowest BCUT2D eigenvalue weighted by Crippen LogP contribution is -2.21. The molecule has 0 atom stereocenters. The van der Waals surface area contributed by atoms with Gasteiger partial charge in [-0.25, -0.2) is 4.79 Å². The molecule has 8 aromatic carbocycles. The molecule has 3 nitrogen and oxygen atoms in total. The van der Waals surface area contributed by atoms with Crippen LogP contribution in [0.15, 0.2) is 175 Å². The van der Waals surface area contributed by atoms with Gasteiger partial charge in [-0.2, -0.15) is 0 Å². The van der Waals surface area contributed by atoms with Crippen LogP contribution in [0.25, 0.3) is 77.0 Å². The van der Waals surface area contributed by atoms with Gasteiger partial charge in [-0.3, -0.25) is 9.13 Å². The van der Waals surface area contributed by atoms with Crippen LogP contribution in [0.5, 0.6) is 0 Å². The summed E-state index contributed by atoms with van der Waals surface area (Å²) in [6.45, 7) is 0. The van der Waals surface area contributed by atoms with Crippen LogP contribution < -0.4 is 5.69 Å². The first-order chi connectivity index (χ1) is 22.8. The van der Waals surface area contributed by atoms with Crippen molar-refractivity contribution in [2.75, 3.05) is 0 Å². The lowest BCUT2D eigenvalue weighted by molar-refractivity contribution is 0.931. The largest absolute Gasteiger partial charge is 0.338 e. The molecule has 0 bridgehead atoms. The molecule has 216 valence electrons. The van der Waals surface area contributed by atoms with Crippen LogP contribution in [0.1, 0.15) is 0 Å². The highest BCUT2D eigenvalue weighted by Gasteiger charge is 2.21. The van der Waals surface area contributed by atoms with E-state index in [1.54, 1.807) is 0 Å². The van der Waals surface area contributed by atoms with Crippen molar-refractivity contribution >= 4 is 43.4 Å². The van der Waals surface area contributed by atoms with Gasteiger partial charge in [0, 0.05) is 0 Å². The standard InChI is InChI=1S/C43H28N2O/c46-43-44(31-16-3-1-4-17-31)39-27-26-30(28-40(39)45(43)32-18-5-2-6-19-32)41-35-21-9-11-23-37(35)42(38-24-12-10-22-36(38)41)34-25-13-15-29-14-7-8-20-33(29)34/h1-28H. The number of rotatable bonds is 4. The van der Waals surface area contributed by atoms with E-state index in [0.29, 0.717) is 0 Å². The fourth-order valence-corrected chi connectivity index (χ4v) is 7.18. The highest BCUT2D eigenvalue weighted by atomic mass is 16.1. The maximum atomic E-state index is 14.2. The molecule has 0 unspecified atom stereocenters. The highest BCUT2D eigenvalue weighted by molar-refractivity contribution is 6.23. The van der Waals surface area contributed by atoms with E-state index in [1.165, 1.54) is 43.4 Å². The Morgan fingerprint density at radius 2 is 0.848 bits per heavy atom. The number of fused-ring (bicyclic) bond motifs is 4. The Kier molecular flexibility index (Phi) is 5.97. The Hall–Kier alpha value is -6.19. The summed E-state index contributed by atoms with van der Waals surface area (Å²) in [6.07, 6.45) is 0. The summed E-state index contributed by atoms with van der Waals surface area (Å²) >= 11 is 0. The summed E-state index contributed by atoms with van der Waals surface area (Å²) in [6, 6.07) is 58.9. The average molecular weight is 589 g/mol. The van der Waals surface area contributed by atoms with E-state index >= 15 is 0 Å². The molecule has 3 heteroatoms. The molecular formula is C43H28N2O. The van der Waals surface area contributed by atoms with Gasteiger partial charge in [0.15, 0.2) is 0 Å². The van der Waals surface area contributed by atoms with E-state index in [0.717, 1.165) is 33.5 Å². The summed E-state index contributed by atoms with van der Waals surface area (Å²) in [4.78, 5) is 14.2. The Morgan fingerprint density at radius 1 is 0.370 bits per heavy atom. The normalized spacial score (nSPS) is 11.6. The van der Waals surface area contributed by atoms with Crippen molar-refractivity contribution in [1.29, 1.82) is 0 Å². The summed E-state index contributed by atoms with van der Waals surface area (Å²) in [5, 5.41) is 7.23. The number of hydrogen-bond donors (Lipinski definition) is 0. The van der Waals surface area contributed by atoms with Crippen molar-refractivity contribution in [2.45, 2.75) is 0 Å². The molecule has 0 aliphatic heterocycles. The van der Waals surface area contributed by atoms with Crippen LogP contribution in [0, 0.1) is 0 Å². The van der Waals surface area contributed by atoms with E-state index in [9.17, 15) is 4.79 Å². The zero-order valence-corrected chi connectivity index (χ0v) is 25.0. The lowest BCUT2D eigenvalue weighted by Gasteiger charge is -2.19. The molecule has 0 radical (unpaired) electrons. The molecule has 0 fully saturated rings. The van der Waals surface area contributed by atoms with Crippen LogP contribution in [-0.2, 0) is 0 Å². The van der Waals surface area contributed by atoms with Crippen LogP contribution in [-0.4, -0.2) is 9.13 Å². The summed E-state index contributed by atoms with van der Waals surface area (Å²) in [7, 11) is 0. The molecule has 9 rings (SSSR count). The zero-order valence-electron chi connectivity index (χ0n) is 25.0. The third-order valence-corrected chi connectivity index (χ3v) is 9.15. The molecule has 0 spiro atoms. The molecule has 9 aromatic rings. The second-order valence-corrected chi connectivity index (χ2v) is 11.7. The number of nitrogens with zero attached hydrogens (tertiary/aromatic N) is 2. The predicted octanol–water partition coefficient (Wildman–Crippen LogP) is 10.6.